The molecule has 168 valence electrons. The third-order valence-electron chi connectivity index (χ3n) is 4.64. The average Bonchev–Trinajstić information content (AvgIpc) is 3.21. The molecule has 1 amide bonds. The van der Waals surface area contributed by atoms with Gasteiger partial charge in [0, 0.05) is 10.6 Å². The lowest BCUT2D eigenvalue weighted by Gasteiger charge is -2.11. The van der Waals surface area contributed by atoms with Crippen molar-refractivity contribution >= 4 is 35.0 Å². The largest absolute Gasteiger partial charge is 0.323 e. The van der Waals surface area contributed by atoms with Gasteiger partial charge < -0.3 is 5.32 Å². The van der Waals surface area contributed by atoms with Gasteiger partial charge in [-0.05, 0) is 42.0 Å². The van der Waals surface area contributed by atoms with E-state index in [1.807, 2.05) is 47.0 Å². The number of benzene rings is 3. The summed E-state index contributed by atoms with van der Waals surface area (Å²) in [4.78, 5) is 12.3. The molecule has 0 bridgehead atoms. The number of hydrogen-bond donors (Lipinski definition) is 1. The molecule has 1 heterocycles. The number of anilines is 1. The van der Waals surface area contributed by atoms with Crippen LogP contribution in [-0.2, 0) is 11.3 Å². The second-order valence-electron chi connectivity index (χ2n) is 6.94. The molecule has 0 aliphatic carbocycles. The van der Waals surface area contributed by atoms with Crippen molar-refractivity contribution in [3.8, 4) is 11.4 Å². The van der Waals surface area contributed by atoms with Crippen LogP contribution in [0, 0.1) is 17.5 Å². The van der Waals surface area contributed by atoms with Gasteiger partial charge >= 0.3 is 0 Å². The minimum Gasteiger partial charge on any atom is -0.323 e. The molecular formula is C23H16ClF3N4OS. The predicted octanol–water partition coefficient (Wildman–Crippen LogP) is 5.79. The van der Waals surface area contributed by atoms with Gasteiger partial charge in [0.05, 0.1) is 18.0 Å². The first-order chi connectivity index (χ1) is 15.9. The maximum Gasteiger partial charge on any atom is 0.234 e. The molecule has 0 aliphatic heterocycles. The fourth-order valence-electron chi connectivity index (χ4n) is 3.06. The maximum absolute atomic E-state index is 13.8. The number of thioether (sulfide) groups is 1. The van der Waals surface area contributed by atoms with Crippen molar-refractivity contribution in [3.05, 3.63) is 94.8 Å². The number of rotatable bonds is 7. The minimum atomic E-state index is -1.64. The summed E-state index contributed by atoms with van der Waals surface area (Å²) >= 11 is 7.08. The number of nitrogens with one attached hydrogen (secondary N) is 1. The Morgan fingerprint density at radius 1 is 0.939 bits per heavy atom. The molecule has 10 heteroatoms. The Morgan fingerprint density at radius 2 is 1.67 bits per heavy atom. The van der Waals surface area contributed by atoms with Gasteiger partial charge in [-0.15, -0.1) is 10.2 Å². The van der Waals surface area contributed by atoms with E-state index >= 15 is 0 Å². The SMILES string of the molecule is O=C(CSc1nnc(-c2ccc(Cl)cc2)n1Cc1ccccc1)Nc1ccc(F)c(F)c1F. The molecule has 4 aromatic rings. The van der Waals surface area contributed by atoms with Gasteiger partial charge in [-0.2, -0.15) is 0 Å². The van der Waals surface area contributed by atoms with Gasteiger partial charge in [-0.3, -0.25) is 9.36 Å². The molecule has 4 rings (SSSR count). The molecule has 0 aliphatic rings. The molecule has 1 N–H and O–H groups in total. The van der Waals surface area contributed by atoms with Crippen molar-refractivity contribution in [2.24, 2.45) is 0 Å². The Hall–Kier alpha value is -3.30. The Labute approximate surface area is 196 Å². The van der Waals surface area contributed by atoms with Crippen LogP contribution in [0.4, 0.5) is 18.9 Å². The fraction of sp³-hybridized carbons (Fsp3) is 0.0870. The van der Waals surface area contributed by atoms with E-state index in [0.717, 1.165) is 35.0 Å². The molecule has 0 spiro atoms. The molecule has 0 saturated heterocycles. The Kier molecular flexibility index (Phi) is 7.00. The van der Waals surface area contributed by atoms with Crippen molar-refractivity contribution in [1.82, 2.24) is 14.8 Å². The highest BCUT2D eigenvalue weighted by Gasteiger charge is 2.18. The second-order valence-corrected chi connectivity index (χ2v) is 8.32. The number of carbonyl (C=O) groups excluding carboxylic acids is 1. The number of nitrogens with zero attached hydrogens (tertiary/aromatic N) is 3. The van der Waals surface area contributed by atoms with E-state index < -0.39 is 29.0 Å². The summed E-state index contributed by atoms with van der Waals surface area (Å²) in [5, 5.41) is 11.8. The molecule has 0 saturated carbocycles. The smallest absolute Gasteiger partial charge is 0.234 e. The van der Waals surface area contributed by atoms with Gasteiger partial charge in [0.1, 0.15) is 0 Å². The Balaban J connectivity index is 1.55. The second kappa shape index (κ2) is 10.1. The van der Waals surface area contributed by atoms with Crippen LogP contribution in [0.3, 0.4) is 0 Å². The van der Waals surface area contributed by atoms with Gasteiger partial charge in [0.25, 0.3) is 0 Å². The van der Waals surface area contributed by atoms with Gasteiger partial charge in [0.2, 0.25) is 5.91 Å². The number of amides is 1. The molecule has 0 fully saturated rings. The average molecular weight is 489 g/mol. The highest BCUT2D eigenvalue weighted by molar-refractivity contribution is 7.99. The molecule has 33 heavy (non-hydrogen) atoms. The first-order valence-electron chi connectivity index (χ1n) is 9.71. The highest BCUT2D eigenvalue weighted by atomic mass is 35.5. The maximum atomic E-state index is 13.8. The van der Waals surface area contributed by atoms with Gasteiger partial charge in [-0.25, -0.2) is 13.2 Å². The summed E-state index contributed by atoms with van der Waals surface area (Å²) in [6.45, 7) is 0.452. The zero-order valence-electron chi connectivity index (χ0n) is 16.9. The van der Waals surface area contributed by atoms with Crippen LogP contribution in [-0.4, -0.2) is 26.4 Å². The third-order valence-corrected chi connectivity index (χ3v) is 5.86. The van der Waals surface area contributed by atoms with Crippen LogP contribution in [0.1, 0.15) is 5.56 Å². The zero-order chi connectivity index (χ0) is 23.4. The molecule has 3 aromatic carbocycles. The van der Waals surface area contributed by atoms with Gasteiger partial charge in [0.15, 0.2) is 28.4 Å². The van der Waals surface area contributed by atoms with Crippen molar-refractivity contribution < 1.29 is 18.0 Å². The van der Waals surface area contributed by atoms with E-state index in [2.05, 4.69) is 15.5 Å². The first-order valence-corrected chi connectivity index (χ1v) is 11.1. The monoisotopic (exact) mass is 488 g/mol. The van der Waals surface area contributed by atoms with E-state index in [-0.39, 0.29) is 5.75 Å². The number of halogens is 4. The number of hydrogen-bond acceptors (Lipinski definition) is 4. The van der Waals surface area contributed by atoms with Crippen LogP contribution in [0.25, 0.3) is 11.4 Å². The Morgan fingerprint density at radius 3 is 2.39 bits per heavy atom. The number of aromatic nitrogens is 3. The molecule has 0 radical (unpaired) electrons. The van der Waals surface area contributed by atoms with E-state index in [0.29, 0.717) is 22.5 Å². The zero-order valence-corrected chi connectivity index (χ0v) is 18.5. The first kappa shape index (κ1) is 22.9. The van der Waals surface area contributed by atoms with Crippen LogP contribution in [0.5, 0.6) is 0 Å². The van der Waals surface area contributed by atoms with Crippen molar-refractivity contribution in [3.63, 3.8) is 0 Å². The van der Waals surface area contributed by atoms with Gasteiger partial charge in [-0.1, -0.05) is 53.7 Å². The van der Waals surface area contributed by atoms with Crippen molar-refractivity contribution in [2.75, 3.05) is 11.1 Å². The summed E-state index contributed by atoms with van der Waals surface area (Å²) in [5.41, 5.74) is 1.36. The number of carbonyl (C=O) groups is 1. The third kappa shape index (κ3) is 5.37. The Bertz CT molecular complexity index is 1280. The van der Waals surface area contributed by atoms with E-state index in [1.165, 1.54) is 0 Å². The fourth-order valence-corrected chi connectivity index (χ4v) is 3.92. The lowest BCUT2D eigenvalue weighted by atomic mass is 10.2. The summed E-state index contributed by atoms with van der Waals surface area (Å²) in [5.74, 6) is -4.59. The highest BCUT2D eigenvalue weighted by Crippen LogP contribution is 2.27. The summed E-state index contributed by atoms with van der Waals surface area (Å²) in [6, 6.07) is 18.5. The van der Waals surface area contributed by atoms with Crippen molar-refractivity contribution in [2.45, 2.75) is 11.7 Å². The minimum absolute atomic E-state index is 0.147. The molecule has 0 atom stereocenters. The van der Waals surface area contributed by atoms with Crippen LogP contribution in [0.15, 0.2) is 71.9 Å². The van der Waals surface area contributed by atoms with Crippen LogP contribution >= 0.6 is 23.4 Å². The van der Waals surface area contributed by atoms with E-state index in [4.69, 9.17) is 11.6 Å². The lowest BCUT2D eigenvalue weighted by Crippen LogP contribution is -2.16. The normalized spacial score (nSPS) is 10.9. The molecule has 0 unspecified atom stereocenters. The summed E-state index contributed by atoms with van der Waals surface area (Å²) in [6.07, 6.45) is 0. The summed E-state index contributed by atoms with van der Waals surface area (Å²) in [7, 11) is 0. The van der Waals surface area contributed by atoms with E-state index in [1.54, 1.807) is 12.1 Å². The van der Waals surface area contributed by atoms with Crippen LogP contribution in [0.2, 0.25) is 5.02 Å². The van der Waals surface area contributed by atoms with Crippen molar-refractivity contribution in [1.29, 1.82) is 0 Å². The molecule has 5 nitrogen and oxygen atoms in total. The van der Waals surface area contributed by atoms with Crippen LogP contribution < -0.4 is 5.32 Å². The standard InChI is InChI=1S/C23H16ClF3N4OS/c24-16-8-6-15(7-9-16)22-29-30-23(31(22)12-14-4-2-1-3-5-14)33-13-19(32)28-18-11-10-17(25)20(26)21(18)27/h1-11H,12-13H2,(H,28,32). The van der Waals surface area contributed by atoms with E-state index in [9.17, 15) is 18.0 Å². The molecule has 1 aromatic heterocycles. The predicted molar refractivity (Wildman–Crippen MR) is 122 cm³/mol. The summed E-state index contributed by atoms with van der Waals surface area (Å²) < 4.78 is 42.2. The quantitative estimate of drug-likeness (QED) is 0.264. The lowest BCUT2D eigenvalue weighted by molar-refractivity contribution is -0.113. The molecular weight excluding hydrogens is 473 g/mol. The topological polar surface area (TPSA) is 59.8 Å².